The molecule has 0 aliphatic carbocycles. The summed E-state index contributed by atoms with van der Waals surface area (Å²) in [6, 6.07) is 14.2. The molecule has 5 nitrogen and oxygen atoms in total. The van der Waals surface area contributed by atoms with E-state index in [9.17, 15) is 12.8 Å². The topological polar surface area (TPSA) is 68.3 Å². The number of rotatable bonds is 6. The molecule has 3 aromatic rings. The third-order valence-corrected chi connectivity index (χ3v) is 5.46. The van der Waals surface area contributed by atoms with E-state index in [2.05, 4.69) is 9.71 Å². The van der Waals surface area contributed by atoms with Crippen molar-refractivity contribution in [1.82, 2.24) is 9.71 Å². The number of sulfonamides is 1. The number of hydrogen-bond donors (Lipinski definition) is 1. The van der Waals surface area contributed by atoms with Gasteiger partial charge in [-0.2, -0.15) is 0 Å². The highest BCUT2D eigenvalue weighted by atomic mass is 32.2. The Kier molecular flexibility index (Phi) is 5.53. The van der Waals surface area contributed by atoms with Crippen LogP contribution in [0.5, 0.6) is 11.6 Å². The Hall–Kier alpha value is -2.77. The molecule has 27 heavy (non-hydrogen) atoms. The van der Waals surface area contributed by atoms with Gasteiger partial charge in [0.05, 0.1) is 4.90 Å². The Morgan fingerprint density at radius 3 is 2.56 bits per heavy atom. The second-order valence-corrected chi connectivity index (χ2v) is 7.89. The molecule has 0 spiro atoms. The highest BCUT2D eigenvalue weighted by Crippen LogP contribution is 2.20. The van der Waals surface area contributed by atoms with Crippen LogP contribution in [0.1, 0.15) is 16.7 Å². The van der Waals surface area contributed by atoms with E-state index in [1.165, 1.54) is 18.3 Å². The van der Waals surface area contributed by atoms with Crippen LogP contribution in [-0.4, -0.2) is 13.4 Å². The van der Waals surface area contributed by atoms with Crippen molar-refractivity contribution in [3.63, 3.8) is 0 Å². The Labute approximate surface area is 157 Å². The summed E-state index contributed by atoms with van der Waals surface area (Å²) in [4.78, 5) is 4.38. The van der Waals surface area contributed by atoms with Gasteiger partial charge in [-0.25, -0.2) is 22.5 Å². The van der Waals surface area contributed by atoms with Crippen LogP contribution in [0.3, 0.4) is 0 Å². The van der Waals surface area contributed by atoms with Crippen molar-refractivity contribution in [2.75, 3.05) is 0 Å². The first-order chi connectivity index (χ1) is 12.8. The molecule has 3 rings (SSSR count). The Balaban J connectivity index is 1.66. The predicted molar refractivity (Wildman–Crippen MR) is 101 cm³/mol. The summed E-state index contributed by atoms with van der Waals surface area (Å²) >= 11 is 0. The molecule has 0 bridgehead atoms. The lowest BCUT2D eigenvalue weighted by Gasteiger charge is -2.10. The fraction of sp³-hybridized carbons (Fsp3) is 0.150. The quantitative estimate of drug-likeness (QED) is 0.692. The molecule has 1 heterocycles. The van der Waals surface area contributed by atoms with Crippen LogP contribution in [-0.2, 0) is 16.6 Å². The minimum Gasteiger partial charge on any atom is -0.439 e. The maximum atomic E-state index is 13.2. The molecule has 0 radical (unpaired) electrons. The fourth-order valence-corrected chi connectivity index (χ4v) is 3.83. The average molecular weight is 386 g/mol. The lowest BCUT2D eigenvalue weighted by Crippen LogP contribution is -2.24. The molecule has 0 saturated carbocycles. The molecule has 140 valence electrons. The van der Waals surface area contributed by atoms with Gasteiger partial charge in [-0.05, 0) is 43.2 Å². The number of benzene rings is 2. The normalized spacial score (nSPS) is 11.4. The number of ether oxygens (including phenoxy) is 1. The van der Waals surface area contributed by atoms with Gasteiger partial charge in [-0.3, -0.25) is 0 Å². The molecule has 0 unspecified atom stereocenters. The number of aryl methyl sites for hydroxylation is 2. The molecule has 0 atom stereocenters. The lowest BCUT2D eigenvalue weighted by molar-refractivity contribution is 0.457. The first-order valence-corrected chi connectivity index (χ1v) is 9.77. The third kappa shape index (κ3) is 4.90. The fourth-order valence-electron chi connectivity index (χ4n) is 2.58. The number of halogens is 1. The van der Waals surface area contributed by atoms with E-state index < -0.39 is 15.8 Å². The van der Waals surface area contributed by atoms with Gasteiger partial charge in [-0.15, -0.1) is 0 Å². The second kappa shape index (κ2) is 7.85. The minimum atomic E-state index is -3.62. The maximum Gasteiger partial charge on any atom is 0.241 e. The van der Waals surface area contributed by atoms with Crippen molar-refractivity contribution in [2.24, 2.45) is 0 Å². The van der Waals surface area contributed by atoms with Gasteiger partial charge < -0.3 is 4.74 Å². The van der Waals surface area contributed by atoms with Crippen LogP contribution in [0.2, 0.25) is 0 Å². The third-order valence-electron chi connectivity index (χ3n) is 3.90. The average Bonchev–Trinajstić information content (AvgIpc) is 2.61. The van der Waals surface area contributed by atoms with Crippen molar-refractivity contribution < 1.29 is 17.5 Å². The van der Waals surface area contributed by atoms with Crippen molar-refractivity contribution in [2.45, 2.75) is 25.3 Å². The minimum absolute atomic E-state index is 0.100. The van der Waals surface area contributed by atoms with Gasteiger partial charge in [0.2, 0.25) is 15.9 Å². The smallest absolute Gasteiger partial charge is 0.241 e. The molecule has 1 aromatic heterocycles. The van der Waals surface area contributed by atoms with E-state index in [1.807, 2.05) is 13.0 Å². The van der Waals surface area contributed by atoms with Crippen molar-refractivity contribution >= 4 is 10.0 Å². The van der Waals surface area contributed by atoms with Crippen LogP contribution >= 0.6 is 0 Å². The van der Waals surface area contributed by atoms with E-state index in [0.29, 0.717) is 22.8 Å². The summed E-state index contributed by atoms with van der Waals surface area (Å²) in [6.45, 7) is 3.78. The summed E-state index contributed by atoms with van der Waals surface area (Å²) in [6.07, 6.45) is 1.51. The van der Waals surface area contributed by atoms with E-state index in [4.69, 9.17) is 4.74 Å². The van der Waals surface area contributed by atoms with Crippen LogP contribution in [0.25, 0.3) is 0 Å². The highest BCUT2D eigenvalue weighted by molar-refractivity contribution is 7.89. The molecule has 2 aromatic carbocycles. The number of pyridine rings is 1. The van der Waals surface area contributed by atoms with Crippen LogP contribution in [0.4, 0.5) is 4.39 Å². The van der Waals surface area contributed by atoms with Gasteiger partial charge in [0.15, 0.2) is 0 Å². The first kappa shape index (κ1) is 19.0. The van der Waals surface area contributed by atoms with Gasteiger partial charge in [0.25, 0.3) is 0 Å². The maximum absolute atomic E-state index is 13.2. The summed E-state index contributed by atoms with van der Waals surface area (Å²) in [5.41, 5.74) is 2.37. The van der Waals surface area contributed by atoms with E-state index in [-0.39, 0.29) is 11.4 Å². The SMILES string of the molecule is Cc1ccc(S(=O)(=O)NCc2ccc(Oc3cccc(F)c3)nc2)c(C)c1. The van der Waals surface area contributed by atoms with Crippen LogP contribution < -0.4 is 9.46 Å². The molecule has 0 fully saturated rings. The molecule has 0 aliphatic rings. The number of nitrogens with zero attached hydrogens (tertiary/aromatic N) is 1. The highest BCUT2D eigenvalue weighted by Gasteiger charge is 2.16. The summed E-state index contributed by atoms with van der Waals surface area (Å²) in [7, 11) is -3.62. The molecule has 0 amide bonds. The molecular weight excluding hydrogens is 367 g/mol. The van der Waals surface area contributed by atoms with Crippen molar-refractivity contribution in [3.8, 4) is 11.6 Å². The number of aromatic nitrogens is 1. The first-order valence-electron chi connectivity index (χ1n) is 8.29. The van der Waals surface area contributed by atoms with Gasteiger partial charge in [-0.1, -0.05) is 29.8 Å². The van der Waals surface area contributed by atoms with Crippen LogP contribution in [0, 0.1) is 19.7 Å². The standard InChI is InChI=1S/C20H19FN2O3S/c1-14-6-8-19(15(2)10-14)27(24,25)23-13-16-7-9-20(22-12-16)26-18-5-3-4-17(21)11-18/h3-12,23H,13H2,1-2H3. The molecule has 7 heteroatoms. The zero-order valence-corrected chi connectivity index (χ0v) is 15.8. The molecule has 1 N–H and O–H groups in total. The summed E-state index contributed by atoms with van der Waals surface area (Å²) in [5.74, 6) is 0.234. The van der Waals surface area contributed by atoms with Gasteiger partial charge >= 0.3 is 0 Å². The Morgan fingerprint density at radius 1 is 1.07 bits per heavy atom. The molecule has 0 aliphatic heterocycles. The predicted octanol–water partition coefficient (Wildman–Crippen LogP) is 4.11. The van der Waals surface area contributed by atoms with E-state index >= 15 is 0 Å². The Bertz CT molecular complexity index is 1050. The summed E-state index contributed by atoms with van der Waals surface area (Å²) < 4.78 is 46.2. The molecular formula is C20H19FN2O3S. The second-order valence-electron chi connectivity index (χ2n) is 6.16. The van der Waals surface area contributed by atoms with Crippen molar-refractivity contribution in [1.29, 1.82) is 0 Å². The number of hydrogen-bond acceptors (Lipinski definition) is 4. The summed E-state index contributed by atoms with van der Waals surface area (Å²) in [5, 5.41) is 0. The Morgan fingerprint density at radius 2 is 1.89 bits per heavy atom. The lowest BCUT2D eigenvalue weighted by atomic mass is 10.2. The molecule has 0 saturated heterocycles. The van der Waals surface area contributed by atoms with Crippen LogP contribution in [0.15, 0.2) is 65.7 Å². The van der Waals surface area contributed by atoms with E-state index in [0.717, 1.165) is 5.56 Å². The largest absolute Gasteiger partial charge is 0.439 e. The van der Waals surface area contributed by atoms with E-state index in [1.54, 1.807) is 43.3 Å². The van der Waals surface area contributed by atoms with Gasteiger partial charge in [0, 0.05) is 24.9 Å². The zero-order valence-electron chi connectivity index (χ0n) is 14.9. The zero-order chi connectivity index (χ0) is 19.4. The van der Waals surface area contributed by atoms with Gasteiger partial charge in [0.1, 0.15) is 11.6 Å². The monoisotopic (exact) mass is 386 g/mol. The number of nitrogens with one attached hydrogen (secondary N) is 1. The van der Waals surface area contributed by atoms with Crippen molar-refractivity contribution in [3.05, 3.63) is 83.3 Å².